The number of allylic oxidation sites excluding steroid dienone is 1. The fourth-order valence-corrected chi connectivity index (χ4v) is 3.65. The third-order valence-electron chi connectivity index (χ3n) is 5.04. The Kier molecular flexibility index (Phi) is 4.73. The third-order valence-corrected chi connectivity index (χ3v) is 5.04. The Morgan fingerprint density at radius 3 is 2.31 bits per heavy atom. The largest absolute Gasteiger partial charge is 0.459 e. The van der Waals surface area contributed by atoms with Crippen LogP contribution in [0.5, 0.6) is 5.88 Å². The van der Waals surface area contributed by atoms with Gasteiger partial charge in [0.1, 0.15) is 17.3 Å². The maximum atomic E-state index is 14.7. The average molecular weight is 450 g/mol. The third kappa shape index (κ3) is 3.08. The molecule has 166 valence electrons. The van der Waals surface area contributed by atoms with Gasteiger partial charge in [-0.1, -0.05) is 18.2 Å². The first-order valence-electron chi connectivity index (χ1n) is 9.18. The zero-order valence-electron chi connectivity index (χ0n) is 16.7. The number of alkyl halides is 5. The first-order chi connectivity index (χ1) is 15.0. The predicted octanol–water partition coefficient (Wildman–Crippen LogP) is 3.79. The Morgan fingerprint density at radius 1 is 1.12 bits per heavy atom. The molecule has 0 saturated carbocycles. The van der Waals surface area contributed by atoms with E-state index in [-0.39, 0.29) is 17.0 Å². The fraction of sp³-hybridized carbons (Fsp3) is 0.250. The molecule has 2 N–H and O–H groups in total. The number of hydrogen-bond acceptors (Lipinski definition) is 5. The second kappa shape index (κ2) is 7.08. The van der Waals surface area contributed by atoms with Crippen LogP contribution in [0.4, 0.5) is 22.0 Å². The first-order valence-corrected chi connectivity index (χ1v) is 9.18. The number of ether oxygens (including phenoxy) is 1. The smallest absolute Gasteiger partial charge is 0.422 e. The van der Waals surface area contributed by atoms with Gasteiger partial charge in [-0.3, -0.25) is 4.68 Å². The first kappa shape index (κ1) is 21.4. The number of hydrogen-bond donors (Lipinski definition) is 1. The normalized spacial score (nSPS) is 16.5. The van der Waals surface area contributed by atoms with Crippen molar-refractivity contribution in [3.63, 3.8) is 0 Å². The molecule has 7 nitrogen and oxygen atoms in total. The van der Waals surface area contributed by atoms with Crippen molar-refractivity contribution in [3.8, 4) is 17.6 Å². The highest BCUT2D eigenvalue weighted by Gasteiger charge is 2.63. The molecule has 4 rings (SSSR count). The Morgan fingerprint density at radius 2 is 1.78 bits per heavy atom. The van der Waals surface area contributed by atoms with Crippen LogP contribution in [0.2, 0.25) is 0 Å². The van der Waals surface area contributed by atoms with Gasteiger partial charge >= 0.3 is 12.1 Å². The predicted molar refractivity (Wildman–Crippen MR) is 101 cm³/mol. The van der Waals surface area contributed by atoms with E-state index in [0.717, 1.165) is 4.68 Å². The van der Waals surface area contributed by atoms with Gasteiger partial charge in [0, 0.05) is 7.05 Å². The van der Waals surface area contributed by atoms with Gasteiger partial charge in [0.25, 0.3) is 0 Å². The highest BCUT2D eigenvalue weighted by Crippen LogP contribution is 2.52. The van der Waals surface area contributed by atoms with Gasteiger partial charge < -0.3 is 10.5 Å². The minimum absolute atomic E-state index is 0.168. The molecular weight excluding hydrogens is 435 g/mol. The number of halogens is 5. The van der Waals surface area contributed by atoms with Crippen LogP contribution < -0.4 is 10.5 Å². The van der Waals surface area contributed by atoms with Gasteiger partial charge in [0.05, 0.1) is 28.6 Å². The zero-order valence-corrected chi connectivity index (χ0v) is 16.7. The summed E-state index contributed by atoms with van der Waals surface area (Å²) in [6, 6.07) is 10.9. The quantitative estimate of drug-likeness (QED) is 0.613. The second-order valence-corrected chi connectivity index (χ2v) is 7.15. The number of nitriles is 1. The molecule has 0 fully saturated rings. The monoisotopic (exact) mass is 450 g/mol. The highest BCUT2D eigenvalue weighted by atomic mass is 19.4. The van der Waals surface area contributed by atoms with E-state index in [1.54, 1.807) is 31.2 Å². The molecule has 0 aliphatic carbocycles. The summed E-state index contributed by atoms with van der Waals surface area (Å²) in [7, 11) is 1.48. The molecule has 1 unspecified atom stereocenters. The number of benzene rings is 1. The Balaban J connectivity index is 2.11. The summed E-state index contributed by atoms with van der Waals surface area (Å²) in [6.07, 6.45) is -5.94. The molecule has 0 spiro atoms. The number of fused-ring (bicyclic) bond motifs is 1. The van der Waals surface area contributed by atoms with Crippen LogP contribution in [0.1, 0.15) is 28.6 Å². The molecule has 1 aromatic carbocycles. The lowest BCUT2D eigenvalue weighted by Crippen LogP contribution is -2.36. The molecule has 1 aliphatic rings. The molecule has 0 radical (unpaired) electrons. The molecule has 1 atom stereocenters. The molecule has 2 aromatic heterocycles. The number of para-hydroxylation sites is 1. The van der Waals surface area contributed by atoms with Crippen molar-refractivity contribution in [1.29, 1.82) is 5.26 Å². The molecular formula is C20H15F5N6O. The van der Waals surface area contributed by atoms with Crippen LogP contribution in [0.15, 0.2) is 47.9 Å². The minimum atomic E-state index is -5.94. The average Bonchev–Trinajstić information content (AvgIpc) is 3.26. The van der Waals surface area contributed by atoms with E-state index in [2.05, 4.69) is 10.2 Å². The van der Waals surface area contributed by atoms with E-state index >= 15 is 0 Å². The van der Waals surface area contributed by atoms with Crippen molar-refractivity contribution in [3.05, 3.63) is 70.5 Å². The summed E-state index contributed by atoms with van der Waals surface area (Å²) in [5.41, 5.74) is 4.20. The molecule has 0 saturated heterocycles. The molecule has 3 aromatic rings. The van der Waals surface area contributed by atoms with E-state index in [0.29, 0.717) is 5.69 Å². The highest BCUT2D eigenvalue weighted by molar-refractivity contribution is 5.57. The van der Waals surface area contributed by atoms with Crippen LogP contribution >= 0.6 is 0 Å². The van der Waals surface area contributed by atoms with Crippen LogP contribution in [-0.4, -0.2) is 25.7 Å². The van der Waals surface area contributed by atoms with E-state index in [9.17, 15) is 27.2 Å². The van der Waals surface area contributed by atoms with Gasteiger partial charge in [-0.25, -0.2) is 0 Å². The van der Waals surface area contributed by atoms with Gasteiger partial charge in [-0.05, 0) is 25.1 Å². The summed E-state index contributed by atoms with van der Waals surface area (Å²) >= 11 is 0. The van der Waals surface area contributed by atoms with Gasteiger partial charge in [-0.2, -0.15) is 42.1 Å². The van der Waals surface area contributed by atoms with Gasteiger partial charge in [0.15, 0.2) is 0 Å². The summed E-state index contributed by atoms with van der Waals surface area (Å²) in [6.45, 7) is 1.61. The maximum absolute atomic E-state index is 14.7. The van der Waals surface area contributed by atoms with E-state index in [4.69, 9.17) is 10.5 Å². The second-order valence-electron chi connectivity index (χ2n) is 7.15. The summed E-state index contributed by atoms with van der Waals surface area (Å²) in [5, 5.41) is 17.4. The Hall–Kier alpha value is -3.88. The molecule has 1 aliphatic heterocycles. The van der Waals surface area contributed by atoms with Crippen molar-refractivity contribution in [1.82, 2.24) is 19.6 Å². The van der Waals surface area contributed by atoms with Crippen LogP contribution in [-0.2, 0) is 13.0 Å². The molecule has 0 bridgehead atoms. The van der Waals surface area contributed by atoms with Crippen LogP contribution in [0.25, 0.3) is 5.69 Å². The van der Waals surface area contributed by atoms with Crippen molar-refractivity contribution in [2.45, 2.75) is 24.9 Å². The van der Waals surface area contributed by atoms with Gasteiger partial charge in [0.2, 0.25) is 11.8 Å². The summed E-state index contributed by atoms with van der Waals surface area (Å²) in [4.78, 5) is 0. The number of nitrogens with two attached hydrogens (primary N) is 1. The number of aryl methyl sites for hydroxylation is 2. The van der Waals surface area contributed by atoms with Crippen LogP contribution in [0.3, 0.4) is 0 Å². The standard InChI is InChI=1S/C20H15F5N6O/c1-10-8-13(30(2)28-10)14-12(9-26)17(27)32-18-15(14)16(19(21,22)20(23,24)25)29-31(18)11-6-4-3-5-7-11/h3-8,14H,27H2,1-2H3. The van der Waals surface area contributed by atoms with E-state index in [1.165, 1.54) is 29.9 Å². The van der Waals surface area contributed by atoms with Crippen LogP contribution in [0, 0.1) is 18.3 Å². The van der Waals surface area contributed by atoms with Crippen molar-refractivity contribution < 1.29 is 26.7 Å². The maximum Gasteiger partial charge on any atom is 0.459 e. The molecule has 3 heterocycles. The number of nitrogens with zero attached hydrogens (tertiary/aromatic N) is 5. The Labute approximate surface area is 178 Å². The van der Waals surface area contributed by atoms with Crippen molar-refractivity contribution in [2.75, 3.05) is 0 Å². The molecule has 12 heteroatoms. The lowest BCUT2D eigenvalue weighted by Gasteiger charge is -2.26. The van der Waals surface area contributed by atoms with E-state index < -0.39 is 41.0 Å². The SMILES string of the molecule is Cc1cc(C2C(C#N)=C(N)Oc3c2c(C(F)(F)C(F)(F)F)nn3-c2ccccc2)n(C)n1. The number of aromatic nitrogens is 4. The van der Waals surface area contributed by atoms with E-state index in [1.807, 2.05) is 0 Å². The Bertz CT molecular complexity index is 1270. The lowest BCUT2D eigenvalue weighted by atomic mass is 9.85. The van der Waals surface area contributed by atoms with Crippen molar-refractivity contribution in [2.24, 2.45) is 12.8 Å². The molecule has 0 amide bonds. The lowest BCUT2D eigenvalue weighted by molar-refractivity contribution is -0.291. The minimum Gasteiger partial charge on any atom is -0.422 e. The van der Waals surface area contributed by atoms with Gasteiger partial charge in [-0.15, -0.1) is 0 Å². The zero-order chi connectivity index (χ0) is 23.4. The number of rotatable bonds is 3. The molecule has 32 heavy (non-hydrogen) atoms. The fourth-order valence-electron chi connectivity index (χ4n) is 3.65. The van der Waals surface area contributed by atoms with Crippen molar-refractivity contribution >= 4 is 0 Å². The summed E-state index contributed by atoms with van der Waals surface area (Å²) < 4.78 is 77.1. The topological polar surface area (TPSA) is 94.7 Å². The summed E-state index contributed by atoms with van der Waals surface area (Å²) in [5.74, 6) is -7.60.